The molecule has 120 valence electrons. The van der Waals surface area contributed by atoms with Crippen LogP contribution in [0.1, 0.15) is 24.8 Å². The molecule has 0 aliphatic heterocycles. The third-order valence-electron chi connectivity index (χ3n) is 3.99. The van der Waals surface area contributed by atoms with Gasteiger partial charge in [-0.3, -0.25) is 0 Å². The molecule has 1 atom stereocenters. The maximum absolute atomic E-state index is 12.9. The molecule has 23 heavy (non-hydrogen) atoms. The monoisotopic (exact) mass is 328 g/mol. The number of hydrogen-bond donors (Lipinski definition) is 0. The summed E-state index contributed by atoms with van der Waals surface area (Å²) in [6, 6.07) is 18.4. The lowest BCUT2D eigenvalue weighted by Gasteiger charge is -2.24. The molecule has 1 unspecified atom stereocenters. The fourth-order valence-electron chi connectivity index (χ4n) is 2.78. The molecule has 3 nitrogen and oxygen atoms in total. The number of allylic oxidation sites excluding steroid dienone is 1. The zero-order valence-corrected chi connectivity index (χ0v) is 13.7. The zero-order chi connectivity index (χ0) is 16.1. The van der Waals surface area contributed by atoms with Crippen LogP contribution in [-0.2, 0) is 21.2 Å². The van der Waals surface area contributed by atoms with Gasteiger partial charge < -0.3 is 4.74 Å². The van der Waals surface area contributed by atoms with E-state index < -0.39 is 9.84 Å². The Morgan fingerprint density at radius 1 is 0.957 bits per heavy atom. The van der Waals surface area contributed by atoms with Crippen molar-refractivity contribution < 1.29 is 13.2 Å². The van der Waals surface area contributed by atoms with Gasteiger partial charge >= 0.3 is 0 Å². The lowest BCUT2D eigenvalue weighted by atomic mass is 10.0. The number of rotatable bonds is 5. The van der Waals surface area contributed by atoms with E-state index in [1.807, 2.05) is 42.5 Å². The third kappa shape index (κ3) is 3.71. The van der Waals surface area contributed by atoms with Gasteiger partial charge in [-0.1, -0.05) is 54.6 Å². The quantitative estimate of drug-likeness (QED) is 0.829. The fraction of sp³-hybridized carbons (Fsp3) is 0.263. The molecule has 0 heterocycles. The summed E-state index contributed by atoms with van der Waals surface area (Å²) in [7, 11) is -3.48. The Labute approximate surface area is 137 Å². The molecule has 0 spiro atoms. The van der Waals surface area contributed by atoms with Gasteiger partial charge in [-0.25, -0.2) is 8.42 Å². The minimum absolute atomic E-state index is 0.335. The Bertz CT molecular complexity index is 765. The summed E-state index contributed by atoms with van der Waals surface area (Å²) in [5, 5.41) is 0. The molecule has 0 fully saturated rings. The van der Waals surface area contributed by atoms with E-state index in [1.165, 1.54) is 0 Å². The first kappa shape index (κ1) is 16.0. The van der Waals surface area contributed by atoms with E-state index in [0.717, 1.165) is 24.8 Å². The first-order valence-corrected chi connectivity index (χ1v) is 9.32. The molecule has 0 saturated heterocycles. The van der Waals surface area contributed by atoms with E-state index in [1.54, 1.807) is 24.3 Å². The van der Waals surface area contributed by atoms with E-state index in [-0.39, 0.29) is 6.10 Å². The van der Waals surface area contributed by atoms with Crippen molar-refractivity contribution in [1.82, 2.24) is 0 Å². The maximum atomic E-state index is 12.9. The molecular formula is C19H20O3S. The van der Waals surface area contributed by atoms with E-state index in [4.69, 9.17) is 4.74 Å². The standard InChI is InChI=1S/C19H20O3S/c20-23(21,17-11-5-2-6-12-17)19-14-8-7-13-18(19)22-15-16-9-3-1-4-10-16/h1-6,9-12,14,18H,7-8,13,15H2. The summed E-state index contributed by atoms with van der Waals surface area (Å²) < 4.78 is 31.7. The van der Waals surface area contributed by atoms with Gasteiger partial charge in [0.1, 0.15) is 0 Å². The number of benzene rings is 2. The third-order valence-corrected chi connectivity index (χ3v) is 5.93. The summed E-state index contributed by atoms with van der Waals surface area (Å²) in [5.41, 5.74) is 1.05. The lowest BCUT2D eigenvalue weighted by molar-refractivity contribution is 0.0592. The zero-order valence-electron chi connectivity index (χ0n) is 12.9. The topological polar surface area (TPSA) is 43.4 Å². The summed E-state index contributed by atoms with van der Waals surface area (Å²) in [4.78, 5) is 0.743. The van der Waals surface area contributed by atoms with Gasteiger partial charge in [0.25, 0.3) is 0 Å². The van der Waals surface area contributed by atoms with Crippen molar-refractivity contribution in [3.05, 3.63) is 77.2 Å². The Kier molecular flexibility index (Phi) is 4.94. The molecule has 2 aromatic rings. The van der Waals surface area contributed by atoms with Gasteiger partial charge in [-0.2, -0.15) is 0 Å². The number of ether oxygens (including phenoxy) is 1. The van der Waals surface area contributed by atoms with Gasteiger partial charge in [-0.15, -0.1) is 0 Å². The molecule has 0 aromatic heterocycles. The van der Waals surface area contributed by atoms with Crippen molar-refractivity contribution in [1.29, 1.82) is 0 Å². The average molecular weight is 328 g/mol. The molecule has 3 rings (SSSR count). The summed E-state index contributed by atoms with van der Waals surface area (Å²) in [6.07, 6.45) is 3.93. The average Bonchev–Trinajstić information content (AvgIpc) is 2.62. The van der Waals surface area contributed by atoms with Gasteiger partial charge in [-0.05, 0) is 37.0 Å². The predicted octanol–water partition coefficient (Wildman–Crippen LogP) is 4.11. The van der Waals surface area contributed by atoms with Crippen molar-refractivity contribution in [3.63, 3.8) is 0 Å². The highest BCUT2D eigenvalue weighted by Crippen LogP contribution is 2.30. The number of sulfone groups is 1. The van der Waals surface area contributed by atoms with Crippen molar-refractivity contribution in [2.75, 3.05) is 0 Å². The van der Waals surface area contributed by atoms with Crippen LogP contribution in [-0.4, -0.2) is 14.5 Å². The first-order chi connectivity index (χ1) is 11.2. The van der Waals surface area contributed by atoms with Crippen molar-refractivity contribution in [3.8, 4) is 0 Å². The van der Waals surface area contributed by atoms with Crippen LogP contribution in [0.4, 0.5) is 0 Å². The van der Waals surface area contributed by atoms with Crippen molar-refractivity contribution in [2.45, 2.75) is 36.9 Å². The van der Waals surface area contributed by atoms with E-state index in [2.05, 4.69) is 0 Å². The highest BCUT2D eigenvalue weighted by atomic mass is 32.2. The van der Waals surface area contributed by atoms with Crippen molar-refractivity contribution >= 4 is 9.84 Å². The van der Waals surface area contributed by atoms with Gasteiger partial charge in [0.05, 0.1) is 22.5 Å². The van der Waals surface area contributed by atoms with E-state index in [0.29, 0.717) is 16.4 Å². The second-order valence-corrected chi connectivity index (χ2v) is 7.59. The van der Waals surface area contributed by atoms with E-state index in [9.17, 15) is 8.42 Å². The van der Waals surface area contributed by atoms with Crippen LogP contribution in [0.2, 0.25) is 0 Å². The first-order valence-electron chi connectivity index (χ1n) is 7.83. The van der Waals surface area contributed by atoms with Gasteiger partial charge in [0, 0.05) is 0 Å². The van der Waals surface area contributed by atoms with Crippen LogP contribution in [0.25, 0.3) is 0 Å². The second kappa shape index (κ2) is 7.11. The minimum atomic E-state index is -3.48. The Hall–Kier alpha value is -1.91. The Balaban J connectivity index is 1.80. The normalized spacial score (nSPS) is 18.4. The molecule has 0 saturated carbocycles. The highest BCUT2D eigenvalue weighted by molar-refractivity contribution is 7.95. The molecule has 1 aliphatic rings. The smallest absolute Gasteiger partial charge is 0.205 e. The second-order valence-electron chi connectivity index (χ2n) is 5.64. The SMILES string of the molecule is O=S(=O)(C1=CCCCC1OCc1ccccc1)c1ccccc1. The number of hydrogen-bond acceptors (Lipinski definition) is 3. The predicted molar refractivity (Wildman–Crippen MR) is 90.6 cm³/mol. The van der Waals surface area contributed by atoms with Crippen LogP contribution in [0, 0.1) is 0 Å². The summed E-state index contributed by atoms with van der Waals surface area (Å²) in [5.74, 6) is 0. The van der Waals surface area contributed by atoms with Crippen LogP contribution < -0.4 is 0 Å². The molecule has 2 aromatic carbocycles. The molecule has 0 N–H and O–H groups in total. The van der Waals surface area contributed by atoms with Crippen LogP contribution in [0.3, 0.4) is 0 Å². The Morgan fingerprint density at radius 3 is 2.30 bits per heavy atom. The molecule has 0 amide bonds. The van der Waals surface area contributed by atoms with Crippen LogP contribution in [0.5, 0.6) is 0 Å². The minimum Gasteiger partial charge on any atom is -0.368 e. The van der Waals surface area contributed by atoms with E-state index >= 15 is 0 Å². The highest BCUT2D eigenvalue weighted by Gasteiger charge is 2.30. The maximum Gasteiger partial charge on any atom is 0.205 e. The largest absolute Gasteiger partial charge is 0.368 e. The summed E-state index contributed by atoms with van der Waals surface area (Å²) >= 11 is 0. The Morgan fingerprint density at radius 2 is 1.61 bits per heavy atom. The van der Waals surface area contributed by atoms with Crippen molar-refractivity contribution in [2.24, 2.45) is 0 Å². The van der Waals surface area contributed by atoms with Gasteiger partial charge in [0.2, 0.25) is 9.84 Å². The summed E-state index contributed by atoms with van der Waals surface area (Å²) in [6.45, 7) is 0.424. The van der Waals surface area contributed by atoms with Crippen LogP contribution in [0.15, 0.2) is 76.5 Å². The molecule has 0 bridgehead atoms. The van der Waals surface area contributed by atoms with Crippen LogP contribution >= 0.6 is 0 Å². The molecule has 0 radical (unpaired) electrons. The molecule has 1 aliphatic carbocycles. The fourth-order valence-corrected chi connectivity index (χ4v) is 4.43. The lowest BCUT2D eigenvalue weighted by Crippen LogP contribution is -2.24. The van der Waals surface area contributed by atoms with Gasteiger partial charge in [0.15, 0.2) is 0 Å². The molecular weight excluding hydrogens is 308 g/mol. The molecule has 4 heteroatoms.